The second kappa shape index (κ2) is 6.23. The van der Waals surface area contributed by atoms with Gasteiger partial charge < -0.3 is 14.8 Å². The van der Waals surface area contributed by atoms with Gasteiger partial charge in [-0.3, -0.25) is 0 Å². The highest BCUT2D eigenvalue weighted by Gasteiger charge is 2.29. The van der Waals surface area contributed by atoms with Gasteiger partial charge in [-0.15, -0.1) is 0 Å². The van der Waals surface area contributed by atoms with Gasteiger partial charge >= 0.3 is 6.09 Å². The highest BCUT2D eigenvalue weighted by Crippen LogP contribution is 2.32. The number of hydrogen-bond donors (Lipinski definition) is 1. The Morgan fingerprint density at radius 1 is 1.41 bits per heavy atom. The van der Waals surface area contributed by atoms with Gasteiger partial charge in [0.25, 0.3) is 0 Å². The molecule has 1 N–H and O–H groups in total. The van der Waals surface area contributed by atoms with E-state index in [1.807, 2.05) is 37.3 Å². The first kappa shape index (κ1) is 14.7. The van der Waals surface area contributed by atoms with Crippen LogP contribution in [0.1, 0.15) is 22.9 Å². The Balaban J connectivity index is 1.87. The molecule has 1 aliphatic rings. The topological polar surface area (TPSA) is 60.5 Å². The standard InChI is InChI=1S/C16H15ClN2O3/c1-10-15(12-9-22-16(20)19-12)13(7-14(17)18-10)21-8-11-5-3-2-4-6-11/h2-7,12H,8-9H2,1H3,(H,19,20). The predicted octanol–water partition coefficient (Wildman–Crippen LogP) is 3.40. The first-order chi connectivity index (χ1) is 10.6. The molecule has 1 unspecified atom stereocenters. The van der Waals surface area contributed by atoms with Gasteiger partial charge in [-0.05, 0) is 12.5 Å². The quantitative estimate of drug-likeness (QED) is 0.878. The van der Waals surface area contributed by atoms with Gasteiger partial charge in [0.05, 0.1) is 6.04 Å². The van der Waals surface area contributed by atoms with E-state index in [4.69, 9.17) is 21.1 Å². The Bertz CT molecular complexity index is 691. The summed E-state index contributed by atoms with van der Waals surface area (Å²) in [5.74, 6) is 0.608. The summed E-state index contributed by atoms with van der Waals surface area (Å²) in [6.07, 6.45) is -0.437. The summed E-state index contributed by atoms with van der Waals surface area (Å²) in [7, 11) is 0. The van der Waals surface area contributed by atoms with E-state index >= 15 is 0 Å². The molecule has 22 heavy (non-hydrogen) atoms. The van der Waals surface area contributed by atoms with Crippen molar-refractivity contribution in [1.29, 1.82) is 0 Å². The lowest BCUT2D eigenvalue weighted by Crippen LogP contribution is -2.20. The lowest BCUT2D eigenvalue weighted by molar-refractivity contribution is 0.176. The Morgan fingerprint density at radius 2 is 2.18 bits per heavy atom. The maximum atomic E-state index is 11.3. The molecule has 3 rings (SSSR count). The number of hydrogen-bond acceptors (Lipinski definition) is 4. The third-order valence-corrected chi connectivity index (χ3v) is 3.63. The molecule has 6 heteroatoms. The van der Waals surface area contributed by atoms with Crippen molar-refractivity contribution in [2.24, 2.45) is 0 Å². The van der Waals surface area contributed by atoms with E-state index in [0.717, 1.165) is 11.1 Å². The molecule has 2 heterocycles. The molecule has 1 aliphatic heterocycles. The van der Waals surface area contributed by atoms with Crippen molar-refractivity contribution in [3.05, 3.63) is 58.4 Å². The van der Waals surface area contributed by atoms with E-state index in [9.17, 15) is 4.79 Å². The van der Waals surface area contributed by atoms with E-state index in [1.54, 1.807) is 6.07 Å². The highest BCUT2D eigenvalue weighted by atomic mass is 35.5. The maximum Gasteiger partial charge on any atom is 0.407 e. The second-order valence-corrected chi connectivity index (χ2v) is 5.40. The van der Waals surface area contributed by atoms with Crippen molar-refractivity contribution < 1.29 is 14.3 Å². The van der Waals surface area contributed by atoms with Crippen LogP contribution < -0.4 is 10.1 Å². The number of carbonyl (C=O) groups excluding carboxylic acids is 1. The first-order valence-corrected chi connectivity index (χ1v) is 7.28. The minimum absolute atomic E-state index is 0.255. The fraction of sp³-hybridized carbons (Fsp3) is 0.250. The Hall–Kier alpha value is -2.27. The van der Waals surface area contributed by atoms with Gasteiger partial charge in [0.2, 0.25) is 0 Å². The molecule has 5 nitrogen and oxygen atoms in total. The monoisotopic (exact) mass is 318 g/mol. The molecule has 0 radical (unpaired) electrons. The van der Waals surface area contributed by atoms with E-state index in [0.29, 0.717) is 23.2 Å². The number of aryl methyl sites for hydroxylation is 1. The van der Waals surface area contributed by atoms with Crippen molar-refractivity contribution in [1.82, 2.24) is 10.3 Å². The number of halogens is 1. The molecule has 1 aromatic heterocycles. The molecule has 0 spiro atoms. The lowest BCUT2D eigenvalue weighted by atomic mass is 10.1. The van der Waals surface area contributed by atoms with Crippen molar-refractivity contribution >= 4 is 17.7 Å². The normalized spacial score (nSPS) is 17.0. The van der Waals surface area contributed by atoms with Gasteiger partial charge in [0.1, 0.15) is 24.1 Å². The van der Waals surface area contributed by atoms with Gasteiger partial charge in [-0.2, -0.15) is 0 Å². The average Bonchev–Trinajstić information content (AvgIpc) is 2.91. The number of alkyl carbamates (subject to hydrolysis) is 1. The van der Waals surface area contributed by atoms with Crippen molar-refractivity contribution in [3.63, 3.8) is 0 Å². The molecule has 0 saturated carbocycles. The summed E-state index contributed by atoms with van der Waals surface area (Å²) in [5.41, 5.74) is 2.56. The van der Waals surface area contributed by atoms with Crippen molar-refractivity contribution in [3.8, 4) is 5.75 Å². The third-order valence-electron chi connectivity index (χ3n) is 3.44. The minimum Gasteiger partial charge on any atom is -0.488 e. The number of nitrogens with zero attached hydrogens (tertiary/aromatic N) is 1. The zero-order valence-corrected chi connectivity index (χ0v) is 12.8. The fourth-order valence-electron chi connectivity index (χ4n) is 2.44. The van der Waals surface area contributed by atoms with Crippen LogP contribution in [0.4, 0.5) is 4.79 Å². The number of aromatic nitrogens is 1. The molecule has 1 aromatic carbocycles. The molecule has 1 fully saturated rings. The van der Waals surface area contributed by atoms with Crippen molar-refractivity contribution in [2.45, 2.75) is 19.6 Å². The summed E-state index contributed by atoms with van der Waals surface area (Å²) >= 11 is 6.03. The highest BCUT2D eigenvalue weighted by molar-refractivity contribution is 6.29. The summed E-state index contributed by atoms with van der Waals surface area (Å²) in [5, 5.41) is 3.10. The zero-order valence-electron chi connectivity index (χ0n) is 12.0. The second-order valence-electron chi connectivity index (χ2n) is 5.01. The number of pyridine rings is 1. The minimum atomic E-state index is -0.437. The van der Waals surface area contributed by atoms with E-state index < -0.39 is 6.09 Å². The van der Waals surface area contributed by atoms with E-state index in [-0.39, 0.29) is 12.6 Å². The SMILES string of the molecule is Cc1nc(Cl)cc(OCc2ccccc2)c1C1COC(=O)N1. The Labute approximate surface area is 133 Å². The van der Waals surface area contributed by atoms with Crippen LogP contribution in [0.2, 0.25) is 5.15 Å². The third kappa shape index (κ3) is 3.14. The summed E-state index contributed by atoms with van der Waals surface area (Å²) in [6, 6.07) is 11.2. The molecular weight excluding hydrogens is 304 g/mol. The number of amides is 1. The molecule has 2 aromatic rings. The molecule has 1 amide bonds. The Kier molecular flexibility index (Phi) is 4.15. The van der Waals surface area contributed by atoms with Crippen molar-refractivity contribution in [2.75, 3.05) is 6.61 Å². The number of rotatable bonds is 4. The summed E-state index contributed by atoms with van der Waals surface area (Å²) < 4.78 is 10.9. The fourth-order valence-corrected chi connectivity index (χ4v) is 2.66. The molecule has 1 atom stereocenters. The van der Waals surface area contributed by atoms with E-state index in [2.05, 4.69) is 10.3 Å². The van der Waals surface area contributed by atoms with Gasteiger partial charge in [0, 0.05) is 17.3 Å². The van der Waals surface area contributed by atoms with Crippen LogP contribution in [0.25, 0.3) is 0 Å². The van der Waals surface area contributed by atoms with Crippen LogP contribution in [-0.2, 0) is 11.3 Å². The number of nitrogens with one attached hydrogen (secondary N) is 1. The average molecular weight is 319 g/mol. The molecule has 114 valence electrons. The largest absolute Gasteiger partial charge is 0.488 e. The maximum absolute atomic E-state index is 11.3. The predicted molar refractivity (Wildman–Crippen MR) is 82.0 cm³/mol. The van der Waals surface area contributed by atoms with Crippen LogP contribution in [0.5, 0.6) is 5.75 Å². The molecule has 0 bridgehead atoms. The number of cyclic esters (lactones) is 1. The zero-order chi connectivity index (χ0) is 15.5. The van der Waals surface area contributed by atoms with Gasteiger partial charge in [0.15, 0.2) is 0 Å². The molecule has 0 aliphatic carbocycles. The van der Waals surface area contributed by atoms with Gasteiger partial charge in [-0.25, -0.2) is 9.78 Å². The summed E-state index contributed by atoms with van der Waals surface area (Å²) in [4.78, 5) is 15.5. The summed E-state index contributed by atoms with van der Waals surface area (Å²) in [6.45, 7) is 2.50. The lowest BCUT2D eigenvalue weighted by Gasteiger charge is -2.17. The van der Waals surface area contributed by atoms with Crippen LogP contribution >= 0.6 is 11.6 Å². The molecule has 1 saturated heterocycles. The Morgan fingerprint density at radius 3 is 2.86 bits per heavy atom. The van der Waals surface area contributed by atoms with Crippen LogP contribution in [-0.4, -0.2) is 17.7 Å². The van der Waals surface area contributed by atoms with Crippen LogP contribution in [0.3, 0.4) is 0 Å². The first-order valence-electron chi connectivity index (χ1n) is 6.90. The van der Waals surface area contributed by atoms with E-state index in [1.165, 1.54) is 0 Å². The number of benzene rings is 1. The number of carbonyl (C=O) groups is 1. The smallest absolute Gasteiger partial charge is 0.407 e. The van der Waals surface area contributed by atoms with Crippen LogP contribution in [0, 0.1) is 6.92 Å². The molecular formula is C16H15ClN2O3. The van der Waals surface area contributed by atoms with Gasteiger partial charge in [-0.1, -0.05) is 41.9 Å². The van der Waals surface area contributed by atoms with Crippen LogP contribution in [0.15, 0.2) is 36.4 Å². The number of ether oxygens (including phenoxy) is 2.